The third-order valence-corrected chi connectivity index (χ3v) is 4.19. The molecular weight excluding hydrogens is 258 g/mol. The van der Waals surface area contributed by atoms with E-state index in [2.05, 4.69) is 5.10 Å². The van der Waals surface area contributed by atoms with E-state index in [4.69, 9.17) is 5.11 Å². The first kappa shape index (κ1) is 14.6. The molecule has 20 heavy (non-hydrogen) atoms. The van der Waals surface area contributed by atoms with Crippen LogP contribution in [0, 0.1) is 0 Å². The maximum absolute atomic E-state index is 12.3. The van der Waals surface area contributed by atoms with Gasteiger partial charge in [0.05, 0.1) is 6.04 Å². The van der Waals surface area contributed by atoms with Crippen LogP contribution in [0.5, 0.6) is 0 Å². The maximum atomic E-state index is 12.3. The van der Waals surface area contributed by atoms with Crippen LogP contribution in [0.4, 0.5) is 0 Å². The normalized spacial score (nSPS) is 16.4. The Kier molecular flexibility index (Phi) is 3.83. The minimum atomic E-state index is -1.26. The largest absolute Gasteiger partial charge is 0.480 e. The molecule has 6 heteroatoms. The molecule has 1 amide bonds. The first-order chi connectivity index (χ1) is 9.34. The zero-order valence-corrected chi connectivity index (χ0v) is 12.2. The quantitative estimate of drug-likeness (QED) is 0.913. The molecule has 0 radical (unpaired) electrons. The predicted molar refractivity (Wildman–Crippen MR) is 73.5 cm³/mol. The number of nitrogens with zero attached hydrogens (tertiary/aromatic N) is 3. The Labute approximate surface area is 118 Å². The van der Waals surface area contributed by atoms with Crippen LogP contribution in [-0.2, 0) is 4.79 Å². The SMILES string of the molecule is CN(C(=O)c1ccn(C2CCCC2)n1)C(C)(C)C(=O)O. The van der Waals surface area contributed by atoms with Crippen molar-refractivity contribution < 1.29 is 14.7 Å². The number of rotatable bonds is 4. The lowest BCUT2D eigenvalue weighted by atomic mass is 10.0. The van der Waals surface area contributed by atoms with Crippen molar-refractivity contribution in [3.8, 4) is 0 Å². The van der Waals surface area contributed by atoms with Gasteiger partial charge in [0.25, 0.3) is 5.91 Å². The second-order valence-corrected chi connectivity index (χ2v) is 5.85. The Morgan fingerprint density at radius 3 is 2.55 bits per heavy atom. The Balaban J connectivity index is 2.15. The molecule has 0 aromatic carbocycles. The molecule has 1 saturated carbocycles. The molecule has 0 bridgehead atoms. The van der Waals surface area contributed by atoms with Gasteiger partial charge in [-0.1, -0.05) is 12.8 Å². The van der Waals surface area contributed by atoms with E-state index >= 15 is 0 Å². The predicted octanol–water partition coefficient (Wildman–Crippen LogP) is 1.93. The van der Waals surface area contributed by atoms with E-state index in [0.717, 1.165) is 12.8 Å². The molecule has 1 N–H and O–H groups in total. The third kappa shape index (κ3) is 2.55. The highest BCUT2D eigenvalue weighted by Gasteiger charge is 2.36. The zero-order valence-electron chi connectivity index (χ0n) is 12.2. The van der Waals surface area contributed by atoms with Gasteiger partial charge in [0.15, 0.2) is 0 Å². The van der Waals surface area contributed by atoms with E-state index in [0.29, 0.717) is 11.7 Å². The van der Waals surface area contributed by atoms with Gasteiger partial charge in [-0.25, -0.2) is 4.79 Å². The molecule has 0 saturated heterocycles. The summed E-state index contributed by atoms with van der Waals surface area (Å²) in [7, 11) is 1.49. The molecule has 1 aliphatic carbocycles. The first-order valence-electron chi connectivity index (χ1n) is 6.90. The zero-order chi connectivity index (χ0) is 14.9. The molecule has 2 rings (SSSR count). The van der Waals surface area contributed by atoms with Crippen molar-refractivity contribution in [1.82, 2.24) is 14.7 Å². The molecular formula is C14H21N3O3. The number of hydrogen-bond acceptors (Lipinski definition) is 3. The van der Waals surface area contributed by atoms with Gasteiger partial charge in [0, 0.05) is 13.2 Å². The highest BCUT2D eigenvalue weighted by molar-refractivity contribution is 5.95. The molecule has 1 aromatic rings. The van der Waals surface area contributed by atoms with Gasteiger partial charge in [0.2, 0.25) is 0 Å². The average molecular weight is 279 g/mol. The number of carboxylic acid groups (broad SMARTS) is 1. The minimum absolute atomic E-state index is 0.300. The summed E-state index contributed by atoms with van der Waals surface area (Å²) < 4.78 is 1.84. The lowest BCUT2D eigenvalue weighted by Crippen LogP contribution is -2.50. The summed E-state index contributed by atoms with van der Waals surface area (Å²) in [6.45, 7) is 3.00. The highest BCUT2D eigenvalue weighted by Crippen LogP contribution is 2.28. The fourth-order valence-electron chi connectivity index (χ4n) is 2.39. The number of carbonyl (C=O) groups excluding carboxylic acids is 1. The fraction of sp³-hybridized carbons (Fsp3) is 0.643. The van der Waals surface area contributed by atoms with Gasteiger partial charge < -0.3 is 10.0 Å². The summed E-state index contributed by atoms with van der Waals surface area (Å²) in [5, 5.41) is 13.5. The van der Waals surface area contributed by atoms with E-state index in [-0.39, 0.29) is 5.91 Å². The minimum Gasteiger partial charge on any atom is -0.480 e. The smallest absolute Gasteiger partial charge is 0.329 e. The summed E-state index contributed by atoms with van der Waals surface area (Å²) in [5.41, 5.74) is -0.956. The number of carboxylic acids is 1. The van der Waals surface area contributed by atoms with Gasteiger partial charge in [0.1, 0.15) is 11.2 Å². The maximum Gasteiger partial charge on any atom is 0.329 e. The summed E-state index contributed by atoms with van der Waals surface area (Å²) in [5.74, 6) is -1.40. The van der Waals surface area contributed by atoms with Crippen LogP contribution in [0.2, 0.25) is 0 Å². The van der Waals surface area contributed by atoms with Crippen LogP contribution in [0.1, 0.15) is 56.1 Å². The molecule has 0 spiro atoms. The second-order valence-electron chi connectivity index (χ2n) is 5.85. The molecule has 6 nitrogen and oxygen atoms in total. The molecule has 1 heterocycles. The Morgan fingerprint density at radius 2 is 2.00 bits per heavy atom. The van der Waals surface area contributed by atoms with Gasteiger partial charge in [-0.15, -0.1) is 0 Å². The molecule has 1 aliphatic rings. The van der Waals surface area contributed by atoms with Gasteiger partial charge in [-0.3, -0.25) is 9.48 Å². The molecule has 1 aromatic heterocycles. The first-order valence-corrected chi connectivity index (χ1v) is 6.90. The Morgan fingerprint density at radius 1 is 1.40 bits per heavy atom. The molecule has 0 aliphatic heterocycles. The van der Waals surface area contributed by atoms with Crippen LogP contribution in [0.25, 0.3) is 0 Å². The van der Waals surface area contributed by atoms with Crippen LogP contribution in [0.15, 0.2) is 12.3 Å². The van der Waals surface area contributed by atoms with Crippen LogP contribution >= 0.6 is 0 Å². The van der Waals surface area contributed by atoms with E-state index in [1.54, 1.807) is 6.07 Å². The van der Waals surface area contributed by atoms with E-state index in [9.17, 15) is 9.59 Å². The van der Waals surface area contributed by atoms with Crippen LogP contribution < -0.4 is 0 Å². The summed E-state index contributed by atoms with van der Waals surface area (Å²) in [6.07, 6.45) is 6.38. The Hall–Kier alpha value is -1.85. The molecule has 0 unspecified atom stereocenters. The highest BCUT2D eigenvalue weighted by atomic mass is 16.4. The average Bonchev–Trinajstić information content (AvgIpc) is 3.06. The monoisotopic (exact) mass is 279 g/mol. The van der Waals surface area contributed by atoms with E-state index < -0.39 is 11.5 Å². The number of carbonyl (C=O) groups is 2. The number of aliphatic carboxylic acids is 1. The molecule has 0 atom stereocenters. The van der Waals surface area contributed by atoms with E-state index in [1.165, 1.54) is 38.6 Å². The van der Waals surface area contributed by atoms with Crippen LogP contribution in [0.3, 0.4) is 0 Å². The van der Waals surface area contributed by atoms with Crippen molar-refractivity contribution in [3.05, 3.63) is 18.0 Å². The number of aromatic nitrogens is 2. The van der Waals surface area contributed by atoms with Crippen LogP contribution in [-0.4, -0.2) is 44.3 Å². The lowest BCUT2D eigenvalue weighted by Gasteiger charge is -2.30. The van der Waals surface area contributed by atoms with Crippen molar-refractivity contribution in [2.45, 2.75) is 51.1 Å². The lowest BCUT2D eigenvalue weighted by molar-refractivity contribution is -0.147. The van der Waals surface area contributed by atoms with Crippen molar-refractivity contribution in [1.29, 1.82) is 0 Å². The molecule has 1 fully saturated rings. The number of amides is 1. The van der Waals surface area contributed by atoms with Gasteiger partial charge in [-0.2, -0.15) is 5.10 Å². The third-order valence-electron chi connectivity index (χ3n) is 4.19. The summed E-state index contributed by atoms with van der Waals surface area (Å²) >= 11 is 0. The topological polar surface area (TPSA) is 75.4 Å². The van der Waals surface area contributed by atoms with Crippen molar-refractivity contribution in [3.63, 3.8) is 0 Å². The Bertz CT molecular complexity index is 515. The summed E-state index contributed by atoms with van der Waals surface area (Å²) in [6, 6.07) is 2.03. The van der Waals surface area contributed by atoms with Crippen molar-refractivity contribution in [2.75, 3.05) is 7.05 Å². The molecule has 110 valence electrons. The van der Waals surface area contributed by atoms with Gasteiger partial charge >= 0.3 is 5.97 Å². The van der Waals surface area contributed by atoms with Crippen molar-refractivity contribution in [2.24, 2.45) is 0 Å². The fourth-order valence-corrected chi connectivity index (χ4v) is 2.39. The second kappa shape index (κ2) is 5.26. The van der Waals surface area contributed by atoms with E-state index in [1.807, 2.05) is 10.9 Å². The summed E-state index contributed by atoms with van der Waals surface area (Å²) in [4.78, 5) is 24.7. The van der Waals surface area contributed by atoms with Gasteiger partial charge in [-0.05, 0) is 32.8 Å². The number of hydrogen-bond donors (Lipinski definition) is 1. The standard InChI is InChI=1S/C14H21N3O3/c1-14(2,13(19)20)16(3)12(18)11-8-9-17(15-11)10-6-4-5-7-10/h8-10H,4-7H2,1-3H3,(H,19,20). The number of likely N-dealkylation sites (N-methyl/N-ethyl adjacent to an activating group) is 1. The van der Waals surface area contributed by atoms with Crippen molar-refractivity contribution >= 4 is 11.9 Å².